The van der Waals surface area contributed by atoms with Gasteiger partial charge in [-0.25, -0.2) is 4.39 Å². The van der Waals surface area contributed by atoms with E-state index in [0.29, 0.717) is 22.8 Å². The van der Waals surface area contributed by atoms with Gasteiger partial charge in [0.05, 0.1) is 23.3 Å². The summed E-state index contributed by atoms with van der Waals surface area (Å²) in [4.78, 5) is 19.6. The monoisotopic (exact) mass is 460 g/mol. The second-order valence-electron chi connectivity index (χ2n) is 8.41. The third kappa shape index (κ3) is 3.93. The predicted molar refractivity (Wildman–Crippen MR) is 129 cm³/mol. The maximum absolute atomic E-state index is 13.7. The van der Waals surface area contributed by atoms with E-state index in [0.717, 1.165) is 16.8 Å². The largest absolute Gasteiger partial charge is 0.512 e. The summed E-state index contributed by atoms with van der Waals surface area (Å²) in [7, 11) is 0. The molecule has 2 aliphatic rings. The highest BCUT2D eigenvalue weighted by molar-refractivity contribution is 6.30. The molecule has 0 spiro atoms. The van der Waals surface area contributed by atoms with E-state index in [2.05, 4.69) is 0 Å². The summed E-state index contributed by atoms with van der Waals surface area (Å²) in [5.74, 6) is -1.02. The number of amides is 1. The molecule has 1 heterocycles. The predicted octanol–water partition coefficient (Wildman–Crippen LogP) is 6.91. The quantitative estimate of drug-likeness (QED) is 0.452. The van der Waals surface area contributed by atoms with Crippen LogP contribution in [0, 0.1) is 11.7 Å². The molecule has 0 saturated heterocycles. The van der Waals surface area contributed by atoms with Crippen molar-refractivity contribution < 1.29 is 14.3 Å². The number of fused-ring (bicyclic) bond motifs is 2. The van der Waals surface area contributed by atoms with Crippen molar-refractivity contribution >= 4 is 34.6 Å². The van der Waals surface area contributed by atoms with Crippen LogP contribution in [0.2, 0.25) is 5.02 Å². The average molecular weight is 461 g/mol. The first-order valence-corrected chi connectivity index (χ1v) is 11.2. The topological polar surface area (TPSA) is 52.9 Å². The van der Waals surface area contributed by atoms with Crippen LogP contribution < -0.4 is 4.90 Å². The molecule has 3 atom stereocenters. The highest BCUT2D eigenvalue weighted by atomic mass is 35.5. The Morgan fingerprint density at radius 1 is 1.03 bits per heavy atom. The van der Waals surface area contributed by atoms with Gasteiger partial charge < -0.3 is 10.0 Å². The molecule has 0 unspecified atom stereocenters. The number of para-hydroxylation sites is 2. The van der Waals surface area contributed by atoms with Crippen molar-refractivity contribution in [1.29, 1.82) is 0 Å². The van der Waals surface area contributed by atoms with Gasteiger partial charge >= 0.3 is 0 Å². The van der Waals surface area contributed by atoms with Crippen molar-refractivity contribution in [3.8, 4) is 0 Å². The number of halogens is 2. The third-order valence-electron chi connectivity index (χ3n) is 6.33. The van der Waals surface area contributed by atoms with Crippen LogP contribution in [-0.2, 0) is 4.79 Å². The van der Waals surface area contributed by atoms with Gasteiger partial charge in [-0.15, -0.1) is 0 Å². The molecule has 1 amide bonds. The van der Waals surface area contributed by atoms with Crippen LogP contribution in [0.3, 0.4) is 0 Å². The number of carbonyl (C=O) groups is 1. The van der Waals surface area contributed by atoms with Crippen LogP contribution in [0.1, 0.15) is 36.4 Å². The summed E-state index contributed by atoms with van der Waals surface area (Å²) in [6.45, 7) is 1.50. The Bertz CT molecular complexity index is 1270. The van der Waals surface area contributed by atoms with Crippen molar-refractivity contribution in [1.82, 2.24) is 0 Å². The number of anilines is 1. The van der Waals surface area contributed by atoms with E-state index in [9.17, 15) is 14.3 Å². The van der Waals surface area contributed by atoms with E-state index in [1.807, 2.05) is 54.6 Å². The molecule has 4 nitrogen and oxygen atoms in total. The number of hydrogen-bond acceptors (Lipinski definition) is 3. The second kappa shape index (κ2) is 8.49. The first-order chi connectivity index (χ1) is 15.9. The van der Waals surface area contributed by atoms with E-state index in [-0.39, 0.29) is 23.4 Å². The van der Waals surface area contributed by atoms with Crippen molar-refractivity contribution in [3.63, 3.8) is 0 Å². The van der Waals surface area contributed by atoms with Crippen LogP contribution >= 0.6 is 11.6 Å². The fraction of sp³-hybridized carbons (Fsp3) is 0.185. The maximum atomic E-state index is 13.7. The van der Waals surface area contributed by atoms with Crippen molar-refractivity contribution in [2.75, 3.05) is 4.90 Å². The zero-order chi connectivity index (χ0) is 23.1. The number of rotatable bonds is 2. The van der Waals surface area contributed by atoms with Gasteiger partial charge in [0.1, 0.15) is 11.6 Å². The molecule has 0 fully saturated rings. The lowest BCUT2D eigenvalue weighted by atomic mass is 9.76. The Morgan fingerprint density at radius 2 is 1.70 bits per heavy atom. The van der Waals surface area contributed by atoms with Crippen LogP contribution in [0.25, 0.3) is 0 Å². The van der Waals surface area contributed by atoms with Crippen LogP contribution in [0.4, 0.5) is 15.8 Å². The van der Waals surface area contributed by atoms with Crippen molar-refractivity contribution in [3.05, 3.63) is 107 Å². The highest BCUT2D eigenvalue weighted by Crippen LogP contribution is 2.48. The molecule has 0 aromatic heterocycles. The maximum Gasteiger partial charge on any atom is 0.224 e. The fourth-order valence-corrected chi connectivity index (χ4v) is 4.98. The minimum atomic E-state index is -0.562. The Kier molecular flexibility index (Phi) is 5.51. The molecular weight excluding hydrogens is 439 g/mol. The normalized spacial score (nSPS) is 21.9. The van der Waals surface area contributed by atoms with Gasteiger partial charge in [0.25, 0.3) is 0 Å². The van der Waals surface area contributed by atoms with Gasteiger partial charge in [0.2, 0.25) is 5.91 Å². The molecule has 3 aromatic rings. The van der Waals surface area contributed by atoms with Crippen LogP contribution in [0.5, 0.6) is 0 Å². The van der Waals surface area contributed by atoms with Crippen LogP contribution in [-0.4, -0.2) is 16.7 Å². The van der Waals surface area contributed by atoms with Gasteiger partial charge in [0, 0.05) is 23.6 Å². The molecule has 33 heavy (non-hydrogen) atoms. The number of aliphatic hydroxyl groups excluding tert-OH is 1. The molecule has 6 heteroatoms. The lowest BCUT2D eigenvalue weighted by Crippen LogP contribution is -2.41. The van der Waals surface area contributed by atoms with E-state index in [4.69, 9.17) is 16.6 Å². The standard InChI is InChI=1S/C27H22ClFN2O2/c1-16(32)31-24-5-3-2-4-22(24)30-23-14-19(17-6-10-20(28)11-7-17)15-25(33)26(23)27(31)18-8-12-21(29)13-9-18/h2-13,15,19,26-27,33H,14H2,1H3/t19-,26-,27+/m1/s1. The highest BCUT2D eigenvalue weighted by Gasteiger charge is 2.43. The SMILES string of the molecule is CC(=O)N1c2ccccc2N=C2C[C@@H](c3ccc(Cl)cc3)C=C(O)[C@@H]2[C@@H]1c1ccc(F)cc1. The first-order valence-electron chi connectivity index (χ1n) is 10.8. The summed E-state index contributed by atoms with van der Waals surface area (Å²) < 4.78 is 13.7. The number of aliphatic imine (C=N–C) groups is 1. The number of aliphatic hydroxyl groups is 1. The van der Waals surface area contributed by atoms with Gasteiger partial charge in [-0.1, -0.05) is 48.0 Å². The minimum Gasteiger partial charge on any atom is -0.512 e. The average Bonchev–Trinajstić information content (AvgIpc) is 2.94. The van der Waals surface area contributed by atoms with E-state index >= 15 is 0 Å². The zero-order valence-corrected chi connectivity index (χ0v) is 18.7. The summed E-state index contributed by atoms with van der Waals surface area (Å²) in [5.41, 5.74) is 3.86. The first kappa shape index (κ1) is 21.4. The van der Waals surface area contributed by atoms with E-state index < -0.39 is 12.0 Å². The Morgan fingerprint density at radius 3 is 2.39 bits per heavy atom. The van der Waals surface area contributed by atoms with E-state index in [1.54, 1.807) is 17.0 Å². The second-order valence-corrected chi connectivity index (χ2v) is 8.85. The van der Waals surface area contributed by atoms with Gasteiger partial charge in [0.15, 0.2) is 0 Å². The van der Waals surface area contributed by atoms with E-state index in [1.165, 1.54) is 19.1 Å². The van der Waals surface area contributed by atoms with Gasteiger partial charge in [-0.05, 0) is 60.0 Å². The Balaban J connectivity index is 1.70. The zero-order valence-electron chi connectivity index (χ0n) is 18.0. The Labute approximate surface area is 196 Å². The molecule has 0 bridgehead atoms. The smallest absolute Gasteiger partial charge is 0.224 e. The summed E-state index contributed by atoms with van der Waals surface area (Å²) >= 11 is 6.06. The van der Waals surface area contributed by atoms with Crippen LogP contribution in [0.15, 0.2) is 89.6 Å². The molecule has 166 valence electrons. The summed E-state index contributed by atoms with van der Waals surface area (Å²) in [6.07, 6.45) is 2.41. The molecule has 1 aliphatic carbocycles. The minimum absolute atomic E-state index is 0.0813. The lowest BCUT2D eigenvalue weighted by molar-refractivity contribution is -0.117. The molecular formula is C27H22ClFN2O2. The molecule has 1 N–H and O–H groups in total. The number of hydrogen-bond donors (Lipinski definition) is 1. The molecule has 0 saturated carbocycles. The number of benzene rings is 3. The number of nitrogens with zero attached hydrogens (tertiary/aromatic N) is 2. The van der Waals surface area contributed by atoms with Crippen molar-refractivity contribution in [2.45, 2.75) is 25.3 Å². The molecule has 5 rings (SSSR count). The summed E-state index contributed by atoms with van der Waals surface area (Å²) in [5, 5.41) is 12.0. The molecule has 3 aromatic carbocycles. The molecule has 1 aliphatic heterocycles. The third-order valence-corrected chi connectivity index (χ3v) is 6.58. The lowest BCUT2D eigenvalue weighted by Gasteiger charge is -2.38. The fourth-order valence-electron chi connectivity index (χ4n) is 4.86. The van der Waals surface area contributed by atoms with Gasteiger partial charge in [-0.3, -0.25) is 9.79 Å². The van der Waals surface area contributed by atoms with Gasteiger partial charge in [-0.2, -0.15) is 0 Å². The van der Waals surface area contributed by atoms with Crippen molar-refractivity contribution in [2.24, 2.45) is 10.9 Å². The number of carbonyl (C=O) groups excluding carboxylic acids is 1. The molecule has 0 radical (unpaired) electrons. The summed E-state index contributed by atoms with van der Waals surface area (Å²) in [6, 6.07) is 20.5. The Hall–Kier alpha value is -3.44. The number of allylic oxidation sites excluding steroid dienone is 1.